The van der Waals surface area contributed by atoms with Gasteiger partial charge >= 0.3 is 5.97 Å². The predicted octanol–water partition coefficient (Wildman–Crippen LogP) is -0.243. The van der Waals surface area contributed by atoms with Gasteiger partial charge in [0.05, 0.1) is 13.0 Å². The Hall–Kier alpha value is -1.43. The lowest BCUT2D eigenvalue weighted by molar-refractivity contribution is -0.142. The predicted molar refractivity (Wildman–Crippen MR) is 67.5 cm³/mol. The molecule has 0 amide bonds. The maximum Gasteiger partial charge on any atom is 0.313 e. The molecule has 0 aromatic heterocycles. The van der Waals surface area contributed by atoms with E-state index in [1.54, 1.807) is 20.2 Å². The van der Waals surface area contributed by atoms with Crippen LogP contribution in [-0.4, -0.2) is 63.4 Å². The second-order valence-corrected chi connectivity index (χ2v) is 3.85. The van der Waals surface area contributed by atoms with E-state index in [0.717, 1.165) is 26.2 Å². The Morgan fingerprint density at radius 2 is 2.12 bits per heavy atom. The molecule has 1 aliphatic rings. The number of guanidine groups is 1. The summed E-state index contributed by atoms with van der Waals surface area (Å²) in [5.41, 5.74) is 0. The molecule has 0 aromatic carbocycles. The minimum atomic E-state index is -0.348. The third-order valence-electron chi connectivity index (χ3n) is 2.59. The van der Waals surface area contributed by atoms with Gasteiger partial charge in [0.2, 0.25) is 5.96 Å². The number of methoxy groups -OCH3 is 1. The minimum Gasteiger partial charge on any atom is -0.469 e. The normalized spacial score (nSPS) is 19.5. The van der Waals surface area contributed by atoms with E-state index in [0.29, 0.717) is 5.96 Å². The zero-order valence-corrected chi connectivity index (χ0v) is 10.6. The lowest BCUT2D eigenvalue weighted by Crippen LogP contribution is -2.46. The van der Waals surface area contributed by atoms with Crippen LogP contribution in [0.25, 0.3) is 0 Å². The highest BCUT2D eigenvalue weighted by molar-refractivity contribution is 5.95. The number of nitrogens with zero attached hydrogens (tertiary/aromatic N) is 3. The minimum absolute atomic E-state index is 0.287. The summed E-state index contributed by atoms with van der Waals surface area (Å²) in [4.78, 5) is 21.7. The highest BCUT2D eigenvalue weighted by Gasteiger charge is 2.14. The smallest absolute Gasteiger partial charge is 0.313 e. The van der Waals surface area contributed by atoms with Gasteiger partial charge in [-0.3, -0.25) is 9.79 Å². The zero-order valence-electron chi connectivity index (χ0n) is 10.6. The van der Waals surface area contributed by atoms with Gasteiger partial charge in [-0.25, -0.2) is 4.99 Å². The number of piperazine rings is 1. The number of aliphatic imine (C=N–C) groups is 2. The molecule has 1 aliphatic heterocycles. The van der Waals surface area contributed by atoms with Gasteiger partial charge in [0.25, 0.3) is 0 Å². The molecular weight excluding hydrogens is 220 g/mol. The summed E-state index contributed by atoms with van der Waals surface area (Å²) in [5, 5.41) is 3.26. The number of carbonyl (C=O) groups is 1. The lowest BCUT2D eigenvalue weighted by atomic mass is 10.2. The number of hydrogen-bond donors (Lipinski definition) is 1. The van der Waals surface area contributed by atoms with Crippen molar-refractivity contribution >= 4 is 18.1 Å². The molecule has 0 aromatic rings. The Morgan fingerprint density at radius 1 is 1.47 bits per heavy atom. The van der Waals surface area contributed by atoms with Crippen molar-refractivity contribution in [1.82, 2.24) is 10.2 Å². The van der Waals surface area contributed by atoms with Crippen molar-refractivity contribution in [3.05, 3.63) is 0 Å². The number of rotatable bonds is 2. The third-order valence-corrected chi connectivity index (χ3v) is 2.59. The molecule has 0 saturated carbocycles. The van der Waals surface area contributed by atoms with Gasteiger partial charge < -0.3 is 15.0 Å². The van der Waals surface area contributed by atoms with Crippen molar-refractivity contribution < 1.29 is 9.53 Å². The molecule has 1 N–H and O–H groups in total. The van der Waals surface area contributed by atoms with Crippen LogP contribution in [0.4, 0.5) is 0 Å². The molecule has 1 fully saturated rings. The zero-order chi connectivity index (χ0) is 12.7. The third kappa shape index (κ3) is 4.14. The van der Waals surface area contributed by atoms with Gasteiger partial charge in [-0.1, -0.05) is 0 Å². The summed E-state index contributed by atoms with van der Waals surface area (Å²) in [6, 6.07) is 0. The van der Waals surface area contributed by atoms with E-state index >= 15 is 0 Å². The van der Waals surface area contributed by atoms with E-state index in [1.807, 2.05) is 0 Å². The Kier molecular flexibility index (Phi) is 5.62. The summed E-state index contributed by atoms with van der Waals surface area (Å²) >= 11 is 0. The number of ether oxygens (including phenoxy) is 1. The van der Waals surface area contributed by atoms with Crippen molar-refractivity contribution in [1.29, 1.82) is 0 Å². The molecular formula is C11H20N4O2. The highest BCUT2D eigenvalue weighted by Crippen LogP contribution is 1.99. The molecule has 96 valence electrons. The summed E-state index contributed by atoms with van der Waals surface area (Å²) < 4.78 is 4.63. The van der Waals surface area contributed by atoms with Crippen LogP contribution in [0.2, 0.25) is 0 Å². The molecule has 0 aliphatic carbocycles. The van der Waals surface area contributed by atoms with Crippen molar-refractivity contribution in [3.63, 3.8) is 0 Å². The first-order valence-electron chi connectivity index (χ1n) is 5.73. The van der Waals surface area contributed by atoms with Crippen LogP contribution < -0.4 is 5.32 Å². The van der Waals surface area contributed by atoms with Gasteiger partial charge in [-0.05, 0) is 6.92 Å². The average Bonchev–Trinajstić information content (AvgIpc) is 2.39. The van der Waals surface area contributed by atoms with E-state index in [-0.39, 0.29) is 11.9 Å². The number of esters is 1. The fourth-order valence-electron chi connectivity index (χ4n) is 1.57. The summed E-state index contributed by atoms with van der Waals surface area (Å²) in [7, 11) is 3.08. The van der Waals surface area contributed by atoms with Gasteiger partial charge in [-0.15, -0.1) is 0 Å². The molecule has 1 saturated heterocycles. The molecule has 0 spiro atoms. The van der Waals surface area contributed by atoms with E-state index in [9.17, 15) is 4.79 Å². The molecule has 17 heavy (non-hydrogen) atoms. The molecule has 1 atom stereocenters. The first kappa shape index (κ1) is 13.6. The SMILES string of the molecule is C/N=C(\N=C/C(C)C(=O)OC)N1CCNCC1. The van der Waals surface area contributed by atoms with Crippen molar-refractivity contribution in [2.75, 3.05) is 40.3 Å². The average molecular weight is 240 g/mol. The topological polar surface area (TPSA) is 66.3 Å². The summed E-state index contributed by atoms with van der Waals surface area (Å²) in [6.45, 7) is 5.38. The van der Waals surface area contributed by atoms with E-state index < -0.39 is 0 Å². The second kappa shape index (κ2) is 7.01. The fraction of sp³-hybridized carbons (Fsp3) is 0.727. The molecule has 1 heterocycles. The number of carbonyl (C=O) groups excluding carboxylic acids is 1. The van der Waals surface area contributed by atoms with Crippen LogP contribution in [0, 0.1) is 5.92 Å². The van der Waals surface area contributed by atoms with E-state index in [4.69, 9.17) is 0 Å². The molecule has 1 rings (SSSR count). The monoisotopic (exact) mass is 240 g/mol. The van der Waals surface area contributed by atoms with Crippen LogP contribution in [0.5, 0.6) is 0 Å². The van der Waals surface area contributed by atoms with Crippen LogP contribution in [-0.2, 0) is 9.53 Å². The summed E-state index contributed by atoms with van der Waals surface area (Å²) in [6.07, 6.45) is 1.58. The second-order valence-electron chi connectivity index (χ2n) is 3.85. The van der Waals surface area contributed by atoms with Gasteiger partial charge in [0.1, 0.15) is 0 Å². The van der Waals surface area contributed by atoms with Crippen LogP contribution >= 0.6 is 0 Å². The molecule has 0 bridgehead atoms. The first-order chi connectivity index (χ1) is 8.19. The maximum absolute atomic E-state index is 11.2. The highest BCUT2D eigenvalue weighted by atomic mass is 16.5. The largest absolute Gasteiger partial charge is 0.469 e. The quantitative estimate of drug-likeness (QED) is 0.411. The molecule has 0 radical (unpaired) electrons. The van der Waals surface area contributed by atoms with Gasteiger partial charge in [0, 0.05) is 39.4 Å². The number of nitrogens with one attached hydrogen (secondary N) is 1. The fourth-order valence-corrected chi connectivity index (χ4v) is 1.57. The van der Waals surface area contributed by atoms with Gasteiger partial charge in [-0.2, -0.15) is 0 Å². The molecule has 6 heteroatoms. The van der Waals surface area contributed by atoms with E-state index in [2.05, 4.69) is 24.9 Å². The number of hydrogen-bond acceptors (Lipinski definition) is 4. The van der Waals surface area contributed by atoms with Gasteiger partial charge in [0.15, 0.2) is 0 Å². The molecule has 6 nitrogen and oxygen atoms in total. The van der Waals surface area contributed by atoms with Crippen LogP contribution in [0.1, 0.15) is 6.92 Å². The Labute approximate surface area is 102 Å². The van der Waals surface area contributed by atoms with Crippen molar-refractivity contribution in [2.45, 2.75) is 6.92 Å². The van der Waals surface area contributed by atoms with Crippen LogP contribution in [0.3, 0.4) is 0 Å². The lowest BCUT2D eigenvalue weighted by Gasteiger charge is -2.28. The Morgan fingerprint density at radius 3 is 2.65 bits per heavy atom. The Balaban J connectivity index is 2.57. The van der Waals surface area contributed by atoms with Crippen molar-refractivity contribution in [3.8, 4) is 0 Å². The first-order valence-corrected chi connectivity index (χ1v) is 5.73. The molecule has 1 unspecified atom stereocenters. The standard InChI is InChI=1S/C11H20N4O2/c1-9(10(16)17-3)8-14-11(12-2)15-6-4-13-5-7-15/h8-9,13H,4-7H2,1-3H3/b12-11+,14-8-. The summed E-state index contributed by atoms with van der Waals surface area (Å²) in [5.74, 6) is 0.0337. The Bertz CT molecular complexity index is 309. The maximum atomic E-state index is 11.2. The van der Waals surface area contributed by atoms with Crippen molar-refractivity contribution in [2.24, 2.45) is 15.9 Å². The van der Waals surface area contributed by atoms with E-state index in [1.165, 1.54) is 7.11 Å². The van der Waals surface area contributed by atoms with Crippen LogP contribution in [0.15, 0.2) is 9.98 Å².